The minimum absolute atomic E-state index is 0.102. The van der Waals surface area contributed by atoms with Crippen molar-refractivity contribution in [2.24, 2.45) is 0 Å². The van der Waals surface area contributed by atoms with Crippen LogP contribution in [0.4, 0.5) is 11.4 Å². The van der Waals surface area contributed by atoms with Gasteiger partial charge in [0.05, 0.1) is 11.1 Å². The molecule has 1 unspecified atom stereocenters. The summed E-state index contributed by atoms with van der Waals surface area (Å²) in [6.45, 7) is 4.01. The van der Waals surface area contributed by atoms with Gasteiger partial charge in [-0.1, -0.05) is 18.2 Å². The van der Waals surface area contributed by atoms with E-state index in [-0.39, 0.29) is 24.3 Å². The Labute approximate surface area is 194 Å². The molecule has 2 heterocycles. The number of hydrogen-bond acceptors (Lipinski definition) is 3. The smallest absolute Gasteiger partial charge is 0.253 e. The van der Waals surface area contributed by atoms with Crippen molar-refractivity contribution in [3.63, 3.8) is 0 Å². The number of aromatic amines is 1. The highest BCUT2D eigenvalue weighted by Gasteiger charge is 2.21. The molecule has 5 rings (SSSR count). The first-order valence-corrected chi connectivity index (χ1v) is 12.2. The first-order chi connectivity index (χ1) is 16.1. The number of H-pyrrole nitrogens is 1. The number of nitrogens with zero attached hydrogens (tertiary/aromatic N) is 1. The van der Waals surface area contributed by atoms with Gasteiger partial charge in [-0.2, -0.15) is 0 Å². The summed E-state index contributed by atoms with van der Waals surface area (Å²) < 4.78 is 0. The van der Waals surface area contributed by atoms with Gasteiger partial charge >= 0.3 is 0 Å². The first-order valence-electron chi connectivity index (χ1n) is 12.2. The molecule has 1 aliphatic carbocycles. The molecule has 33 heavy (non-hydrogen) atoms. The van der Waals surface area contributed by atoms with E-state index in [1.165, 1.54) is 36.9 Å². The van der Waals surface area contributed by atoms with Crippen molar-refractivity contribution in [2.45, 2.75) is 57.9 Å². The van der Waals surface area contributed by atoms with E-state index in [1.54, 1.807) is 0 Å². The molecule has 2 amide bonds. The number of nitrogens with one attached hydrogen (secondary N) is 3. The average Bonchev–Trinajstić information content (AvgIpc) is 3.47. The minimum atomic E-state index is -0.279. The summed E-state index contributed by atoms with van der Waals surface area (Å²) in [6, 6.07) is 13.6. The Hall–Kier alpha value is -3.28. The van der Waals surface area contributed by atoms with Gasteiger partial charge in [0.25, 0.3) is 5.91 Å². The number of rotatable bonds is 6. The molecule has 0 bridgehead atoms. The van der Waals surface area contributed by atoms with Gasteiger partial charge in [-0.15, -0.1) is 0 Å². The second-order valence-corrected chi connectivity index (χ2v) is 9.39. The number of benzene rings is 2. The van der Waals surface area contributed by atoms with Crippen LogP contribution in [0.15, 0.2) is 42.5 Å². The highest BCUT2D eigenvalue weighted by atomic mass is 16.2. The van der Waals surface area contributed by atoms with E-state index in [1.807, 2.05) is 37.3 Å². The molecule has 3 aromatic rings. The zero-order valence-corrected chi connectivity index (χ0v) is 19.2. The van der Waals surface area contributed by atoms with E-state index < -0.39 is 0 Å². The van der Waals surface area contributed by atoms with Gasteiger partial charge < -0.3 is 20.5 Å². The van der Waals surface area contributed by atoms with Crippen molar-refractivity contribution >= 4 is 34.1 Å². The van der Waals surface area contributed by atoms with E-state index in [0.717, 1.165) is 48.2 Å². The lowest BCUT2D eigenvalue weighted by molar-refractivity contribution is -0.116. The van der Waals surface area contributed by atoms with E-state index in [0.29, 0.717) is 5.56 Å². The van der Waals surface area contributed by atoms with Crippen LogP contribution in [-0.2, 0) is 17.6 Å². The predicted molar refractivity (Wildman–Crippen MR) is 133 cm³/mol. The second-order valence-electron chi connectivity index (χ2n) is 9.39. The lowest BCUT2D eigenvalue weighted by Gasteiger charge is -2.19. The lowest BCUT2D eigenvalue weighted by atomic mass is 9.95. The van der Waals surface area contributed by atoms with E-state index in [9.17, 15) is 9.59 Å². The third-order valence-electron chi connectivity index (χ3n) is 6.85. The number of amides is 2. The Kier molecular flexibility index (Phi) is 6.07. The molecule has 1 saturated heterocycles. The number of carbonyl (C=O) groups excluding carboxylic acids is 2. The van der Waals surface area contributed by atoms with Crippen LogP contribution in [-0.4, -0.2) is 35.9 Å². The highest BCUT2D eigenvalue weighted by Crippen LogP contribution is 2.31. The zero-order chi connectivity index (χ0) is 22.8. The van der Waals surface area contributed by atoms with Gasteiger partial charge in [-0.05, 0) is 75.3 Å². The van der Waals surface area contributed by atoms with Crippen LogP contribution in [0.5, 0.6) is 0 Å². The number of fused-ring (bicyclic) bond motifs is 3. The zero-order valence-electron chi connectivity index (χ0n) is 19.2. The van der Waals surface area contributed by atoms with Crippen LogP contribution in [0.25, 0.3) is 10.9 Å². The molecule has 3 N–H and O–H groups in total. The second kappa shape index (κ2) is 9.30. The van der Waals surface area contributed by atoms with Crippen molar-refractivity contribution in [1.82, 2.24) is 10.3 Å². The third kappa shape index (κ3) is 4.61. The quantitative estimate of drug-likeness (QED) is 0.511. The van der Waals surface area contributed by atoms with E-state index >= 15 is 0 Å². The molecule has 1 aliphatic heterocycles. The normalized spacial score (nSPS) is 16.5. The van der Waals surface area contributed by atoms with E-state index in [2.05, 4.69) is 32.7 Å². The number of anilines is 2. The summed E-state index contributed by atoms with van der Waals surface area (Å²) in [4.78, 5) is 31.5. The standard InChI is InChI=1S/C27H32N4O2/c1-18(16-25(32)29-19-8-6-9-20(17-19)31-14-4-5-15-31)28-27(33)23-12-7-11-22-21-10-2-3-13-24(21)30-26(22)23/h6-9,11-12,17-18,30H,2-5,10,13-16H2,1H3,(H,28,33)(H,29,32). The fraction of sp³-hybridized carbons (Fsp3) is 0.407. The number of aromatic nitrogens is 1. The van der Waals surface area contributed by atoms with Crippen LogP contribution in [0, 0.1) is 0 Å². The Morgan fingerprint density at radius 2 is 1.82 bits per heavy atom. The maximum absolute atomic E-state index is 13.0. The van der Waals surface area contributed by atoms with Gasteiger partial charge in [-0.3, -0.25) is 9.59 Å². The molecule has 0 radical (unpaired) electrons. The van der Waals surface area contributed by atoms with Gasteiger partial charge in [0.2, 0.25) is 5.91 Å². The Morgan fingerprint density at radius 3 is 2.67 bits per heavy atom. The SMILES string of the molecule is CC(CC(=O)Nc1cccc(N2CCCC2)c1)NC(=O)c1cccc2c3c([nH]c12)CCCC3. The Balaban J connectivity index is 1.22. The van der Waals surface area contributed by atoms with Crippen LogP contribution in [0.1, 0.15) is 60.6 Å². The fourth-order valence-electron chi connectivity index (χ4n) is 5.22. The summed E-state index contributed by atoms with van der Waals surface area (Å²) in [7, 11) is 0. The molecular weight excluding hydrogens is 412 g/mol. The maximum Gasteiger partial charge on any atom is 0.253 e. The highest BCUT2D eigenvalue weighted by molar-refractivity contribution is 6.07. The van der Waals surface area contributed by atoms with Gasteiger partial charge in [0, 0.05) is 48.0 Å². The minimum Gasteiger partial charge on any atom is -0.371 e. The molecular formula is C27H32N4O2. The summed E-state index contributed by atoms with van der Waals surface area (Å²) in [6.07, 6.45) is 7.14. The largest absolute Gasteiger partial charge is 0.371 e. The van der Waals surface area contributed by atoms with Crippen molar-refractivity contribution < 1.29 is 9.59 Å². The molecule has 1 aromatic heterocycles. The van der Waals surface area contributed by atoms with Gasteiger partial charge in [0.1, 0.15) is 0 Å². The monoisotopic (exact) mass is 444 g/mol. The summed E-state index contributed by atoms with van der Waals surface area (Å²) in [5.41, 5.74) is 6.12. The fourth-order valence-corrected chi connectivity index (χ4v) is 5.22. The summed E-state index contributed by atoms with van der Waals surface area (Å²) >= 11 is 0. The average molecular weight is 445 g/mol. The molecule has 0 saturated carbocycles. The predicted octanol–water partition coefficient (Wildman–Crippen LogP) is 4.79. The third-order valence-corrected chi connectivity index (χ3v) is 6.85. The Morgan fingerprint density at radius 1 is 1.03 bits per heavy atom. The Bertz CT molecular complexity index is 1180. The molecule has 1 atom stereocenters. The summed E-state index contributed by atoms with van der Waals surface area (Å²) in [5, 5.41) is 7.16. The number of aryl methyl sites for hydroxylation is 2. The van der Waals surface area contributed by atoms with Crippen molar-refractivity contribution in [2.75, 3.05) is 23.3 Å². The molecule has 0 spiro atoms. The maximum atomic E-state index is 13.0. The first kappa shape index (κ1) is 21.6. The number of carbonyl (C=O) groups is 2. The topological polar surface area (TPSA) is 77.2 Å². The number of hydrogen-bond donors (Lipinski definition) is 3. The molecule has 1 fully saturated rings. The molecule has 2 aromatic carbocycles. The van der Waals surface area contributed by atoms with Crippen molar-refractivity contribution in [3.8, 4) is 0 Å². The van der Waals surface area contributed by atoms with Gasteiger partial charge in [-0.25, -0.2) is 0 Å². The molecule has 172 valence electrons. The molecule has 2 aliphatic rings. The number of para-hydroxylation sites is 1. The summed E-state index contributed by atoms with van der Waals surface area (Å²) in [5.74, 6) is -0.245. The van der Waals surface area contributed by atoms with Crippen molar-refractivity contribution in [1.29, 1.82) is 0 Å². The van der Waals surface area contributed by atoms with Crippen LogP contribution in [0.3, 0.4) is 0 Å². The van der Waals surface area contributed by atoms with Crippen LogP contribution < -0.4 is 15.5 Å². The van der Waals surface area contributed by atoms with Crippen molar-refractivity contribution in [3.05, 3.63) is 59.3 Å². The van der Waals surface area contributed by atoms with Gasteiger partial charge in [0.15, 0.2) is 0 Å². The van der Waals surface area contributed by atoms with E-state index in [4.69, 9.17) is 0 Å². The van der Waals surface area contributed by atoms with Crippen LogP contribution in [0.2, 0.25) is 0 Å². The lowest BCUT2D eigenvalue weighted by Crippen LogP contribution is -2.35. The van der Waals surface area contributed by atoms with Crippen LogP contribution >= 0.6 is 0 Å². The molecule has 6 heteroatoms. The molecule has 6 nitrogen and oxygen atoms in total.